The van der Waals surface area contributed by atoms with E-state index >= 15 is 0 Å². The first-order chi connectivity index (χ1) is 5.99. The lowest BCUT2D eigenvalue weighted by Crippen LogP contribution is -2.43. The molecule has 76 valence electrons. The van der Waals surface area contributed by atoms with Crippen LogP contribution in [-0.4, -0.2) is 36.4 Å². The summed E-state index contributed by atoms with van der Waals surface area (Å²) in [5, 5.41) is 9.76. The first kappa shape index (κ1) is 11.7. The molecule has 2 amide bonds. The van der Waals surface area contributed by atoms with E-state index in [4.69, 9.17) is 11.1 Å². The Morgan fingerprint density at radius 3 is 2.62 bits per heavy atom. The summed E-state index contributed by atoms with van der Waals surface area (Å²) in [5.74, 6) is 0.101. The predicted octanol–water partition coefficient (Wildman–Crippen LogP) is 0.362. The lowest BCUT2D eigenvalue weighted by molar-refractivity contribution is 0.196. The molecule has 0 saturated heterocycles. The molecule has 0 aliphatic carbocycles. The van der Waals surface area contributed by atoms with Crippen molar-refractivity contribution < 1.29 is 4.79 Å². The minimum absolute atomic E-state index is 0.0379. The topological polar surface area (TPSA) is 82.2 Å². The molecule has 4 N–H and O–H groups in total. The fourth-order valence-corrected chi connectivity index (χ4v) is 0.931. The largest absolute Gasteiger partial charge is 0.388 e. The number of amides is 2. The molecule has 0 aromatic rings. The molecular formula is C8H18N4O. The maximum atomic E-state index is 11.3. The molecule has 13 heavy (non-hydrogen) atoms. The van der Waals surface area contributed by atoms with Crippen LogP contribution in [0, 0.1) is 5.41 Å². The number of rotatable bonds is 4. The van der Waals surface area contributed by atoms with Crippen LogP contribution in [0.1, 0.15) is 20.3 Å². The van der Waals surface area contributed by atoms with E-state index in [0.717, 1.165) is 0 Å². The SMILES string of the molecule is CCNC(=O)N(C)C(C)CC(=N)N. The molecule has 0 spiro atoms. The van der Waals surface area contributed by atoms with Crippen molar-refractivity contribution in [2.45, 2.75) is 26.3 Å². The van der Waals surface area contributed by atoms with Gasteiger partial charge in [-0.2, -0.15) is 0 Å². The second kappa shape index (κ2) is 5.40. The number of carbonyl (C=O) groups is 1. The van der Waals surface area contributed by atoms with E-state index in [1.165, 1.54) is 0 Å². The van der Waals surface area contributed by atoms with Crippen LogP contribution < -0.4 is 11.1 Å². The van der Waals surface area contributed by atoms with Gasteiger partial charge in [0.1, 0.15) is 0 Å². The maximum absolute atomic E-state index is 11.3. The molecule has 5 nitrogen and oxygen atoms in total. The van der Waals surface area contributed by atoms with Crippen LogP contribution in [0.15, 0.2) is 0 Å². The Labute approximate surface area is 78.8 Å². The Bertz CT molecular complexity index is 193. The van der Waals surface area contributed by atoms with Gasteiger partial charge < -0.3 is 16.0 Å². The standard InChI is InChI=1S/C8H18N4O/c1-4-11-8(13)12(3)6(2)5-7(9)10/h6H,4-5H2,1-3H3,(H3,9,10)(H,11,13). The van der Waals surface area contributed by atoms with Crippen LogP contribution in [0.2, 0.25) is 0 Å². The number of carbonyl (C=O) groups excluding carboxylic acids is 1. The first-order valence-corrected chi connectivity index (χ1v) is 4.32. The number of hydrogen-bond acceptors (Lipinski definition) is 2. The summed E-state index contributed by atoms with van der Waals surface area (Å²) in [6.07, 6.45) is 0.410. The van der Waals surface area contributed by atoms with Gasteiger partial charge in [0.2, 0.25) is 0 Å². The van der Waals surface area contributed by atoms with E-state index in [1.807, 2.05) is 13.8 Å². The fraction of sp³-hybridized carbons (Fsp3) is 0.750. The van der Waals surface area contributed by atoms with Crippen molar-refractivity contribution in [3.8, 4) is 0 Å². The fourth-order valence-electron chi connectivity index (χ4n) is 0.931. The third-order valence-corrected chi connectivity index (χ3v) is 1.82. The lowest BCUT2D eigenvalue weighted by Gasteiger charge is -2.24. The first-order valence-electron chi connectivity index (χ1n) is 4.32. The normalized spacial score (nSPS) is 11.9. The zero-order valence-electron chi connectivity index (χ0n) is 8.42. The van der Waals surface area contributed by atoms with Crippen molar-refractivity contribution in [2.75, 3.05) is 13.6 Å². The minimum atomic E-state index is -0.128. The van der Waals surface area contributed by atoms with Gasteiger partial charge in [-0.1, -0.05) is 0 Å². The van der Waals surface area contributed by atoms with E-state index in [2.05, 4.69) is 5.32 Å². The Balaban J connectivity index is 4.00. The zero-order valence-corrected chi connectivity index (χ0v) is 8.42. The highest BCUT2D eigenvalue weighted by molar-refractivity contribution is 5.79. The molecule has 0 saturated carbocycles. The summed E-state index contributed by atoms with van der Waals surface area (Å²) < 4.78 is 0. The molecule has 0 aliphatic rings. The van der Waals surface area contributed by atoms with Crippen LogP contribution in [0.25, 0.3) is 0 Å². The van der Waals surface area contributed by atoms with Crippen LogP contribution >= 0.6 is 0 Å². The molecule has 0 aromatic heterocycles. The molecule has 0 aromatic carbocycles. The Hall–Kier alpha value is -1.26. The van der Waals surface area contributed by atoms with Crippen LogP contribution in [0.4, 0.5) is 4.79 Å². The summed E-state index contributed by atoms with van der Waals surface area (Å²) in [6, 6.07) is -0.166. The average molecular weight is 186 g/mol. The number of nitrogens with one attached hydrogen (secondary N) is 2. The third kappa shape index (κ3) is 4.35. The summed E-state index contributed by atoms with van der Waals surface area (Å²) in [4.78, 5) is 12.8. The van der Waals surface area contributed by atoms with Gasteiger partial charge >= 0.3 is 6.03 Å². The molecule has 0 bridgehead atoms. The highest BCUT2D eigenvalue weighted by atomic mass is 16.2. The summed E-state index contributed by atoms with van der Waals surface area (Å²) in [6.45, 7) is 4.33. The zero-order chi connectivity index (χ0) is 10.4. The Kier molecular flexibility index (Phi) is 4.87. The van der Waals surface area contributed by atoms with Gasteiger partial charge in [0.25, 0.3) is 0 Å². The van der Waals surface area contributed by atoms with Crippen LogP contribution in [-0.2, 0) is 0 Å². The van der Waals surface area contributed by atoms with Crippen molar-refractivity contribution in [2.24, 2.45) is 5.73 Å². The molecular weight excluding hydrogens is 168 g/mol. The van der Waals surface area contributed by atoms with Gasteiger partial charge in [0.15, 0.2) is 0 Å². The van der Waals surface area contributed by atoms with Gasteiger partial charge in [0, 0.05) is 26.1 Å². The molecule has 1 unspecified atom stereocenters. The quantitative estimate of drug-likeness (QED) is 0.437. The third-order valence-electron chi connectivity index (χ3n) is 1.82. The second-order valence-corrected chi connectivity index (χ2v) is 3.02. The van der Waals surface area contributed by atoms with Gasteiger partial charge in [-0.3, -0.25) is 5.41 Å². The monoisotopic (exact) mass is 186 g/mol. The molecule has 0 rings (SSSR count). The number of amidine groups is 1. The van der Waals surface area contributed by atoms with Crippen molar-refractivity contribution >= 4 is 11.9 Å². The minimum Gasteiger partial charge on any atom is -0.388 e. The molecule has 1 atom stereocenters. The summed E-state index contributed by atoms with van der Waals surface area (Å²) in [5.41, 5.74) is 5.23. The summed E-state index contributed by atoms with van der Waals surface area (Å²) in [7, 11) is 1.69. The smallest absolute Gasteiger partial charge is 0.317 e. The maximum Gasteiger partial charge on any atom is 0.317 e. The average Bonchev–Trinajstić information content (AvgIpc) is 2.02. The lowest BCUT2D eigenvalue weighted by atomic mass is 10.2. The second-order valence-electron chi connectivity index (χ2n) is 3.02. The van der Waals surface area contributed by atoms with Gasteiger partial charge in [0.05, 0.1) is 5.84 Å². The Morgan fingerprint density at radius 2 is 2.23 bits per heavy atom. The van der Waals surface area contributed by atoms with Gasteiger partial charge in [-0.15, -0.1) is 0 Å². The molecule has 5 heteroatoms. The van der Waals surface area contributed by atoms with Gasteiger partial charge in [-0.05, 0) is 13.8 Å². The predicted molar refractivity (Wildman–Crippen MR) is 52.8 cm³/mol. The van der Waals surface area contributed by atoms with Gasteiger partial charge in [-0.25, -0.2) is 4.79 Å². The highest BCUT2D eigenvalue weighted by Crippen LogP contribution is 2.00. The van der Waals surface area contributed by atoms with E-state index < -0.39 is 0 Å². The van der Waals surface area contributed by atoms with Crippen molar-refractivity contribution in [3.05, 3.63) is 0 Å². The van der Waals surface area contributed by atoms with Crippen LogP contribution in [0.3, 0.4) is 0 Å². The van der Waals surface area contributed by atoms with E-state index in [9.17, 15) is 4.79 Å². The van der Waals surface area contributed by atoms with E-state index in [-0.39, 0.29) is 17.9 Å². The van der Waals surface area contributed by atoms with E-state index in [1.54, 1.807) is 11.9 Å². The number of urea groups is 1. The number of hydrogen-bond donors (Lipinski definition) is 3. The molecule has 0 radical (unpaired) electrons. The van der Waals surface area contributed by atoms with Crippen molar-refractivity contribution in [3.63, 3.8) is 0 Å². The van der Waals surface area contributed by atoms with E-state index in [0.29, 0.717) is 13.0 Å². The van der Waals surface area contributed by atoms with Crippen molar-refractivity contribution in [1.29, 1.82) is 5.41 Å². The van der Waals surface area contributed by atoms with Crippen LogP contribution in [0.5, 0.6) is 0 Å². The van der Waals surface area contributed by atoms with Crippen molar-refractivity contribution in [1.82, 2.24) is 10.2 Å². The number of nitrogens with two attached hydrogens (primary N) is 1. The number of nitrogens with zero attached hydrogens (tertiary/aromatic N) is 1. The molecule has 0 heterocycles. The highest BCUT2D eigenvalue weighted by Gasteiger charge is 2.14. The molecule has 0 fully saturated rings. The Morgan fingerprint density at radius 1 is 1.69 bits per heavy atom. The molecule has 0 aliphatic heterocycles. The summed E-state index contributed by atoms with van der Waals surface area (Å²) >= 11 is 0.